The lowest BCUT2D eigenvalue weighted by Gasteiger charge is -2.11. The van der Waals surface area contributed by atoms with Gasteiger partial charge in [-0.1, -0.05) is 18.2 Å². The van der Waals surface area contributed by atoms with Gasteiger partial charge in [0.2, 0.25) is 0 Å². The second-order valence-corrected chi connectivity index (χ2v) is 5.77. The van der Waals surface area contributed by atoms with Gasteiger partial charge in [-0.25, -0.2) is 0 Å². The molecule has 0 aliphatic rings. The summed E-state index contributed by atoms with van der Waals surface area (Å²) in [6.07, 6.45) is 2.90. The fraction of sp³-hybridized carbons (Fsp3) is 0.0476. The monoisotopic (exact) mass is 378 g/mol. The van der Waals surface area contributed by atoms with Crippen molar-refractivity contribution in [2.45, 2.75) is 0 Å². The number of methoxy groups -OCH3 is 1. The van der Waals surface area contributed by atoms with E-state index in [1.807, 2.05) is 0 Å². The molecule has 0 saturated heterocycles. The van der Waals surface area contributed by atoms with Crippen LogP contribution < -0.4 is 15.4 Å². The summed E-state index contributed by atoms with van der Waals surface area (Å²) < 4.78 is 10.2. The van der Waals surface area contributed by atoms with Gasteiger partial charge in [-0.05, 0) is 48.0 Å². The van der Waals surface area contributed by atoms with Crippen LogP contribution in [0.2, 0.25) is 0 Å². The van der Waals surface area contributed by atoms with Crippen molar-refractivity contribution in [1.82, 2.24) is 5.32 Å². The van der Waals surface area contributed by atoms with Crippen molar-refractivity contribution >= 4 is 23.6 Å². The molecule has 0 saturated carbocycles. The molecule has 0 atom stereocenters. The van der Waals surface area contributed by atoms with Crippen LogP contribution >= 0.6 is 0 Å². The Labute approximate surface area is 161 Å². The van der Waals surface area contributed by atoms with Gasteiger partial charge in [0, 0.05) is 11.8 Å². The first-order valence-electron chi connectivity index (χ1n) is 8.36. The van der Waals surface area contributed by atoms with Crippen LogP contribution in [0.4, 0.5) is 5.69 Å². The number of hydrogen-bond donors (Lipinski definition) is 3. The molecule has 0 unspecified atom stereocenters. The number of amides is 2. The van der Waals surface area contributed by atoms with Gasteiger partial charge in [0.25, 0.3) is 11.8 Å². The summed E-state index contributed by atoms with van der Waals surface area (Å²) in [5, 5.41) is 14.8. The van der Waals surface area contributed by atoms with Crippen LogP contribution in [0.5, 0.6) is 11.5 Å². The fourth-order valence-electron chi connectivity index (χ4n) is 2.40. The normalized spacial score (nSPS) is 11.0. The highest BCUT2D eigenvalue weighted by Gasteiger charge is 2.16. The van der Waals surface area contributed by atoms with E-state index >= 15 is 0 Å². The quantitative estimate of drug-likeness (QED) is 0.571. The predicted molar refractivity (Wildman–Crippen MR) is 104 cm³/mol. The third-order valence-electron chi connectivity index (χ3n) is 3.77. The number of carbonyl (C=O) groups excluding carboxylic acids is 2. The van der Waals surface area contributed by atoms with Gasteiger partial charge in [0.15, 0.2) is 5.76 Å². The van der Waals surface area contributed by atoms with E-state index in [4.69, 9.17) is 9.15 Å². The second kappa shape index (κ2) is 8.59. The minimum absolute atomic E-state index is 0.00918. The van der Waals surface area contributed by atoms with Crippen molar-refractivity contribution < 1.29 is 23.8 Å². The molecule has 0 aliphatic heterocycles. The first-order chi connectivity index (χ1) is 13.5. The molecule has 0 radical (unpaired) electrons. The molecule has 142 valence electrons. The molecule has 0 bridgehead atoms. The number of furan rings is 1. The highest BCUT2D eigenvalue weighted by atomic mass is 16.5. The zero-order valence-corrected chi connectivity index (χ0v) is 15.0. The van der Waals surface area contributed by atoms with Crippen LogP contribution in [0.3, 0.4) is 0 Å². The van der Waals surface area contributed by atoms with Crippen LogP contribution in [0, 0.1) is 0 Å². The Morgan fingerprint density at radius 3 is 2.50 bits per heavy atom. The molecule has 3 N–H and O–H groups in total. The number of benzene rings is 2. The Morgan fingerprint density at radius 2 is 1.86 bits per heavy atom. The average molecular weight is 378 g/mol. The fourth-order valence-corrected chi connectivity index (χ4v) is 2.40. The molecule has 1 aromatic heterocycles. The number of phenolic OH excluding ortho intramolecular Hbond substituents is 1. The zero-order chi connectivity index (χ0) is 19.9. The SMILES string of the molecule is COc1ccc(C=C(NC(=O)c2ccco2)C(=O)Nc2cccc(O)c2)cc1. The number of hydrogen-bond acceptors (Lipinski definition) is 5. The smallest absolute Gasteiger partial charge is 0.291 e. The number of phenols is 1. The summed E-state index contributed by atoms with van der Waals surface area (Å²) in [6.45, 7) is 0. The molecule has 2 aromatic carbocycles. The summed E-state index contributed by atoms with van der Waals surface area (Å²) in [5.41, 5.74) is 1.08. The van der Waals surface area contributed by atoms with Crippen molar-refractivity contribution in [3.8, 4) is 11.5 Å². The van der Waals surface area contributed by atoms with Crippen LogP contribution in [0.25, 0.3) is 6.08 Å². The molecule has 1 heterocycles. The Bertz CT molecular complexity index is 992. The summed E-state index contributed by atoms with van der Waals surface area (Å²) in [4.78, 5) is 25.1. The standard InChI is InChI=1S/C21H18N2O5/c1-27-17-9-7-14(8-10-17)12-18(23-21(26)19-6-3-11-28-19)20(25)22-15-4-2-5-16(24)13-15/h2-13,24H,1H3,(H,22,25)(H,23,26). The van der Waals surface area contributed by atoms with Gasteiger partial charge in [0.1, 0.15) is 17.2 Å². The van der Waals surface area contributed by atoms with E-state index in [2.05, 4.69) is 10.6 Å². The van der Waals surface area contributed by atoms with E-state index in [0.717, 1.165) is 0 Å². The first-order valence-corrected chi connectivity index (χ1v) is 8.36. The van der Waals surface area contributed by atoms with Crippen molar-refractivity contribution in [3.63, 3.8) is 0 Å². The van der Waals surface area contributed by atoms with E-state index in [1.165, 1.54) is 30.5 Å². The zero-order valence-electron chi connectivity index (χ0n) is 15.0. The van der Waals surface area contributed by atoms with Gasteiger partial charge in [-0.2, -0.15) is 0 Å². The molecule has 0 aliphatic carbocycles. The van der Waals surface area contributed by atoms with Gasteiger partial charge in [-0.15, -0.1) is 0 Å². The van der Waals surface area contributed by atoms with E-state index in [0.29, 0.717) is 17.0 Å². The number of anilines is 1. The first kappa shape index (κ1) is 18.8. The maximum Gasteiger partial charge on any atom is 0.291 e. The van der Waals surface area contributed by atoms with Crippen molar-refractivity contribution in [3.05, 3.63) is 83.9 Å². The highest BCUT2D eigenvalue weighted by molar-refractivity contribution is 6.10. The Morgan fingerprint density at radius 1 is 1.07 bits per heavy atom. The molecule has 3 aromatic rings. The Hall–Kier alpha value is -4.00. The number of ether oxygens (including phenoxy) is 1. The van der Waals surface area contributed by atoms with Crippen LogP contribution in [0.1, 0.15) is 16.1 Å². The maximum atomic E-state index is 12.7. The van der Waals surface area contributed by atoms with E-state index in [-0.39, 0.29) is 17.2 Å². The van der Waals surface area contributed by atoms with Crippen LogP contribution in [0.15, 0.2) is 77.0 Å². The summed E-state index contributed by atoms with van der Waals surface area (Å²) in [7, 11) is 1.56. The van der Waals surface area contributed by atoms with Crippen molar-refractivity contribution in [1.29, 1.82) is 0 Å². The molecule has 0 fully saturated rings. The summed E-state index contributed by atoms with van der Waals surface area (Å²) in [5.74, 6) is -0.358. The van der Waals surface area contributed by atoms with Gasteiger partial charge in [0.05, 0.1) is 13.4 Å². The lowest BCUT2D eigenvalue weighted by atomic mass is 10.1. The van der Waals surface area contributed by atoms with Gasteiger partial charge < -0.3 is 24.9 Å². The van der Waals surface area contributed by atoms with Crippen molar-refractivity contribution in [2.75, 3.05) is 12.4 Å². The highest BCUT2D eigenvalue weighted by Crippen LogP contribution is 2.18. The molecular weight excluding hydrogens is 360 g/mol. The molecule has 7 heteroatoms. The van der Waals surface area contributed by atoms with E-state index < -0.39 is 11.8 Å². The predicted octanol–water partition coefficient (Wildman–Crippen LogP) is 3.40. The maximum absolute atomic E-state index is 12.7. The minimum Gasteiger partial charge on any atom is -0.508 e. The van der Waals surface area contributed by atoms with E-state index in [1.54, 1.807) is 49.6 Å². The summed E-state index contributed by atoms with van der Waals surface area (Å²) in [6, 6.07) is 16.2. The molecule has 7 nitrogen and oxygen atoms in total. The topological polar surface area (TPSA) is 101 Å². The Kier molecular flexibility index (Phi) is 5.76. The summed E-state index contributed by atoms with van der Waals surface area (Å²) >= 11 is 0. The van der Waals surface area contributed by atoms with Gasteiger partial charge >= 0.3 is 0 Å². The third-order valence-corrected chi connectivity index (χ3v) is 3.77. The number of nitrogens with one attached hydrogen (secondary N) is 2. The molecular formula is C21H18N2O5. The Balaban J connectivity index is 1.87. The van der Waals surface area contributed by atoms with E-state index in [9.17, 15) is 14.7 Å². The minimum atomic E-state index is -0.559. The number of aromatic hydroxyl groups is 1. The molecule has 3 rings (SSSR count). The number of carbonyl (C=O) groups is 2. The molecule has 2 amide bonds. The molecule has 28 heavy (non-hydrogen) atoms. The number of rotatable bonds is 6. The van der Waals surface area contributed by atoms with Gasteiger partial charge in [-0.3, -0.25) is 9.59 Å². The molecule has 0 spiro atoms. The largest absolute Gasteiger partial charge is 0.508 e. The average Bonchev–Trinajstić information content (AvgIpc) is 3.23. The second-order valence-electron chi connectivity index (χ2n) is 5.77. The lowest BCUT2D eigenvalue weighted by molar-refractivity contribution is -0.113. The third kappa shape index (κ3) is 4.79. The van der Waals surface area contributed by atoms with Crippen LogP contribution in [-0.2, 0) is 4.79 Å². The lowest BCUT2D eigenvalue weighted by Crippen LogP contribution is -2.30. The van der Waals surface area contributed by atoms with Crippen LogP contribution in [-0.4, -0.2) is 24.0 Å². The van der Waals surface area contributed by atoms with Crippen molar-refractivity contribution in [2.24, 2.45) is 0 Å².